The number of anilines is 3. The highest BCUT2D eigenvalue weighted by molar-refractivity contribution is 6.14. The van der Waals surface area contributed by atoms with Crippen LogP contribution >= 0.6 is 0 Å². The highest BCUT2D eigenvalue weighted by Gasteiger charge is 2.20. The molecule has 0 aliphatic rings. The Bertz CT molecular complexity index is 2800. The molecule has 8 aromatic carbocycles. The van der Waals surface area contributed by atoms with Crippen LogP contribution in [0, 0.1) is 0 Å². The van der Waals surface area contributed by atoms with E-state index >= 15 is 0 Å². The van der Waals surface area contributed by atoms with Gasteiger partial charge in [0.1, 0.15) is 22.3 Å². The van der Waals surface area contributed by atoms with E-state index in [2.05, 4.69) is 144 Å². The zero-order valence-corrected chi connectivity index (χ0v) is 25.4. The molecule has 3 heteroatoms. The highest BCUT2D eigenvalue weighted by Crippen LogP contribution is 2.44. The molecule has 3 nitrogen and oxygen atoms in total. The van der Waals surface area contributed by atoms with Gasteiger partial charge in [0.2, 0.25) is 0 Å². The summed E-state index contributed by atoms with van der Waals surface area (Å²) < 4.78 is 12.6. The van der Waals surface area contributed by atoms with E-state index in [-0.39, 0.29) is 0 Å². The molecule has 0 spiro atoms. The van der Waals surface area contributed by atoms with Crippen LogP contribution < -0.4 is 4.90 Å². The van der Waals surface area contributed by atoms with Gasteiger partial charge in [-0.05, 0) is 93.3 Å². The van der Waals surface area contributed by atoms with Crippen LogP contribution in [-0.4, -0.2) is 0 Å². The van der Waals surface area contributed by atoms with Crippen LogP contribution in [0.15, 0.2) is 173 Å². The lowest BCUT2D eigenvalue weighted by molar-refractivity contribution is 0.668. The van der Waals surface area contributed by atoms with Crippen LogP contribution in [0.2, 0.25) is 0 Å². The van der Waals surface area contributed by atoms with E-state index in [9.17, 15) is 0 Å². The quantitative estimate of drug-likeness (QED) is 0.201. The van der Waals surface area contributed by atoms with Crippen LogP contribution in [0.1, 0.15) is 0 Å². The summed E-state index contributed by atoms with van der Waals surface area (Å²) >= 11 is 0. The zero-order valence-electron chi connectivity index (χ0n) is 25.4. The second kappa shape index (κ2) is 10.1. The summed E-state index contributed by atoms with van der Waals surface area (Å²) in [5.74, 6) is 0. The van der Waals surface area contributed by atoms with E-state index in [1.807, 2.05) is 24.3 Å². The number of hydrogen-bond acceptors (Lipinski definition) is 3. The van der Waals surface area contributed by atoms with Crippen LogP contribution in [-0.2, 0) is 0 Å². The van der Waals surface area contributed by atoms with Crippen molar-refractivity contribution in [3.05, 3.63) is 164 Å². The minimum absolute atomic E-state index is 0.869. The van der Waals surface area contributed by atoms with Crippen molar-refractivity contribution in [1.29, 1.82) is 0 Å². The van der Waals surface area contributed by atoms with E-state index in [1.165, 1.54) is 21.9 Å². The number of para-hydroxylation sites is 2. The predicted molar refractivity (Wildman–Crippen MR) is 196 cm³/mol. The van der Waals surface area contributed by atoms with E-state index in [1.54, 1.807) is 0 Å². The van der Waals surface area contributed by atoms with Crippen LogP contribution in [0.25, 0.3) is 76.5 Å². The summed E-state index contributed by atoms with van der Waals surface area (Å²) in [6.45, 7) is 0. The van der Waals surface area contributed by atoms with Gasteiger partial charge in [-0.25, -0.2) is 0 Å². The molecule has 0 radical (unpaired) electrons. The Morgan fingerprint density at radius 1 is 0.362 bits per heavy atom. The summed E-state index contributed by atoms with van der Waals surface area (Å²) in [7, 11) is 0. The maximum Gasteiger partial charge on any atom is 0.137 e. The molecule has 0 amide bonds. The lowest BCUT2D eigenvalue weighted by atomic mass is 9.98. The maximum absolute atomic E-state index is 6.35. The molecule has 2 aromatic heterocycles. The molecule has 10 rings (SSSR count). The average molecular weight is 602 g/mol. The first kappa shape index (κ1) is 26.0. The van der Waals surface area contributed by atoms with Crippen molar-refractivity contribution in [2.45, 2.75) is 0 Å². The zero-order chi connectivity index (χ0) is 30.9. The van der Waals surface area contributed by atoms with Gasteiger partial charge in [0.15, 0.2) is 0 Å². The summed E-state index contributed by atoms with van der Waals surface area (Å²) in [5, 5.41) is 9.23. The summed E-state index contributed by atoms with van der Waals surface area (Å²) in [6.07, 6.45) is 0. The van der Waals surface area contributed by atoms with Gasteiger partial charge in [-0.15, -0.1) is 0 Å². The second-order valence-corrected chi connectivity index (χ2v) is 12.1. The monoisotopic (exact) mass is 601 g/mol. The molecule has 0 aliphatic heterocycles. The number of rotatable bonds is 4. The fourth-order valence-electron chi connectivity index (χ4n) is 7.23. The van der Waals surface area contributed by atoms with Crippen molar-refractivity contribution < 1.29 is 8.83 Å². The van der Waals surface area contributed by atoms with Gasteiger partial charge < -0.3 is 13.7 Å². The molecular formula is C44H27NO2. The lowest BCUT2D eigenvalue weighted by Crippen LogP contribution is -2.10. The van der Waals surface area contributed by atoms with Crippen LogP contribution in [0.4, 0.5) is 17.1 Å². The molecule has 0 saturated carbocycles. The third-order valence-electron chi connectivity index (χ3n) is 9.43. The van der Waals surface area contributed by atoms with Gasteiger partial charge in [0, 0.05) is 27.5 Å². The van der Waals surface area contributed by atoms with Crippen molar-refractivity contribution in [1.82, 2.24) is 0 Å². The van der Waals surface area contributed by atoms with Gasteiger partial charge in [-0.2, -0.15) is 0 Å². The Kier molecular flexibility index (Phi) is 5.57. The molecule has 0 fully saturated rings. The first-order valence-electron chi connectivity index (χ1n) is 15.9. The average Bonchev–Trinajstić information content (AvgIpc) is 3.69. The topological polar surface area (TPSA) is 29.5 Å². The first-order valence-corrected chi connectivity index (χ1v) is 15.9. The number of benzene rings is 8. The minimum Gasteiger partial charge on any atom is -0.456 e. The molecule has 47 heavy (non-hydrogen) atoms. The van der Waals surface area contributed by atoms with Gasteiger partial charge in [0.25, 0.3) is 0 Å². The standard InChI is InChI=1S/C44H27NO2/c1-2-11-34-28(9-1)10-7-14-35(34)29-19-22-32(23-20-29)45(39-15-8-18-42-44(39)37-13-4-6-17-41(37)46-42)33-24-21-30-27-43-38(26-31(30)25-33)36-12-3-5-16-40(36)47-43/h1-27H. The first-order chi connectivity index (χ1) is 23.3. The third-order valence-corrected chi connectivity index (χ3v) is 9.43. The SMILES string of the molecule is c1ccc2c(-c3ccc(N(c4ccc5cc6oc7ccccc7c6cc5c4)c4cccc5oc6ccccc6c45)cc3)cccc2c1. The van der Waals surface area contributed by atoms with E-state index in [0.717, 1.165) is 71.7 Å². The molecule has 0 bridgehead atoms. The molecule has 0 saturated heterocycles. The van der Waals surface area contributed by atoms with Gasteiger partial charge in [-0.3, -0.25) is 0 Å². The Balaban J connectivity index is 1.19. The number of fused-ring (bicyclic) bond motifs is 8. The third kappa shape index (κ3) is 4.07. The van der Waals surface area contributed by atoms with Gasteiger partial charge in [0.05, 0.1) is 11.1 Å². The van der Waals surface area contributed by atoms with Crippen molar-refractivity contribution in [2.24, 2.45) is 0 Å². The van der Waals surface area contributed by atoms with E-state index in [4.69, 9.17) is 8.83 Å². The maximum atomic E-state index is 6.35. The fraction of sp³-hybridized carbons (Fsp3) is 0. The van der Waals surface area contributed by atoms with Crippen LogP contribution in [0.5, 0.6) is 0 Å². The van der Waals surface area contributed by atoms with Crippen molar-refractivity contribution >= 4 is 82.5 Å². The summed E-state index contributed by atoms with van der Waals surface area (Å²) in [4.78, 5) is 2.36. The van der Waals surface area contributed by atoms with Gasteiger partial charge in [-0.1, -0.05) is 103 Å². The Labute approximate surface area is 270 Å². The lowest BCUT2D eigenvalue weighted by Gasteiger charge is -2.27. The molecule has 220 valence electrons. The fourth-order valence-corrected chi connectivity index (χ4v) is 7.23. The Morgan fingerprint density at radius 2 is 1.02 bits per heavy atom. The molecule has 2 heterocycles. The highest BCUT2D eigenvalue weighted by atomic mass is 16.3. The number of furan rings is 2. The van der Waals surface area contributed by atoms with Gasteiger partial charge >= 0.3 is 0 Å². The minimum atomic E-state index is 0.869. The molecule has 0 N–H and O–H groups in total. The Morgan fingerprint density at radius 3 is 1.89 bits per heavy atom. The van der Waals surface area contributed by atoms with Crippen molar-refractivity contribution in [2.75, 3.05) is 4.90 Å². The smallest absolute Gasteiger partial charge is 0.137 e. The van der Waals surface area contributed by atoms with E-state index in [0.29, 0.717) is 0 Å². The normalized spacial score (nSPS) is 11.8. The van der Waals surface area contributed by atoms with Crippen molar-refractivity contribution in [3.63, 3.8) is 0 Å². The number of hydrogen-bond donors (Lipinski definition) is 0. The summed E-state index contributed by atoms with van der Waals surface area (Å²) in [6, 6.07) is 58.0. The Hall–Kier alpha value is -6.32. The number of nitrogens with zero attached hydrogens (tertiary/aromatic N) is 1. The molecule has 0 unspecified atom stereocenters. The summed E-state index contributed by atoms with van der Waals surface area (Å²) in [5.41, 5.74) is 9.19. The van der Waals surface area contributed by atoms with E-state index < -0.39 is 0 Å². The molecule has 10 aromatic rings. The largest absolute Gasteiger partial charge is 0.456 e. The second-order valence-electron chi connectivity index (χ2n) is 12.1. The predicted octanol–water partition coefficient (Wildman–Crippen LogP) is 12.9. The molecular weight excluding hydrogens is 574 g/mol. The van der Waals surface area contributed by atoms with Crippen molar-refractivity contribution in [3.8, 4) is 11.1 Å². The molecule has 0 aliphatic carbocycles. The molecule has 0 atom stereocenters. The van der Waals surface area contributed by atoms with Crippen LogP contribution in [0.3, 0.4) is 0 Å².